The number of benzene rings is 2. The molecule has 0 unspecified atom stereocenters. The van der Waals surface area contributed by atoms with E-state index in [9.17, 15) is 9.59 Å². The van der Waals surface area contributed by atoms with Gasteiger partial charge in [0.25, 0.3) is 0 Å². The van der Waals surface area contributed by atoms with E-state index >= 15 is 0 Å². The molecule has 130 valence electrons. The van der Waals surface area contributed by atoms with Crippen molar-refractivity contribution in [1.29, 1.82) is 0 Å². The second-order valence-electron chi connectivity index (χ2n) is 6.45. The number of amides is 2. The van der Waals surface area contributed by atoms with Crippen LogP contribution in [0.3, 0.4) is 0 Å². The molecule has 0 atom stereocenters. The van der Waals surface area contributed by atoms with Crippen molar-refractivity contribution >= 4 is 34.8 Å². The van der Waals surface area contributed by atoms with Gasteiger partial charge in [-0.1, -0.05) is 36.7 Å². The largest absolute Gasteiger partial charge is 0.325 e. The fraction of sp³-hybridized carbons (Fsp3) is 0.300. The normalized spacial score (nSPS) is 14.7. The maximum Gasteiger partial charge on any atom is 0.240 e. The van der Waals surface area contributed by atoms with Crippen LogP contribution in [0.25, 0.3) is 0 Å². The van der Waals surface area contributed by atoms with E-state index in [-0.39, 0.29) is 11.8 Å². The molecule has 0 heterocycles. The van der Waals surface area contributed by atoms with Gasteiger partial charge < -0.3 is 10.6 Å². The van der Waals surface area contributed by atoms with E-state index < -0.39 is 5.41 Å². The van der Waals surface area contributed by atoms with Gasteiger partial charge in [0, 0.05) is 16.4 Å². The number of carbonyl (C=O) groups is 2. The first-order chi connectivity index (χ1) is 12.0. The van der Waals surface area contributed by atoms with Gasteiger partial charge in [0.2, 0.25) is 11.8 Å². The first-order valence-corrected chi connectivity index (χ1v) is 8.81. The number of carbonyl (C=O) groups excluding carboxylic acids is 2. The van der Waals surface area contributed by atoms with E-state index in [4.69, 9.17) is 11.6 Å². The Morgan fingerprint density at radius 3 is 2.28 bits per heavy atom. The van der Waals surface area contributed by atoms with Crippen molar-refractivity contribution in [2.45, 2.75) is 33.1 Å². The fourth-order valence-electron chi connectivity index (χ4n) is 2.74. The third-order valence-electron chi connectivity index (χ3n) is 4.76. The summed E-state index contributed by atoms with van der Waals surface area (Å²) in [5.41, 5.74) is 2.36. The number of hydrogen-bond donors (Lipinski definition) is 2. The van der Waals surface area contributed by atoms with Gasteiger partial charge in [-0.05, 0) is 61.6 Å². The van der Waals surface area contributed by atoms with Gasteiger partial charge >= 0.3 is 0 Å². The minimum absolute atomic E-state index is 0.256. The van der Waals surface area contributed by atoms with Crippen molar-refractivity contribution in [1.82, 2.24) is 0 Å². The summed E-state index contributed by atoms with van der Waals surface area (Å²) >= 11 is 6.09. The summed E-state index contributed by atoms with van der Waals surface area (Å²) in [5.74, 6) is -0.533. The fourth-order valence-corrected chi connectivity index (χ4v) is 2.92. The monoisotopic (exact) mass is 356 g/mol. The number of aryl methyl sites for hydroxylation is 1. The van der Waals surface area contributed by atoms with Crippen molar-refractivity contribution < 1.29 is 9.59 Å². The Morgan fingerprint density at radius 1 is 1.04 bits per heavy atom. The molecule has 0 aromatic heterocycles. The molecule has 4 nitrogen and oxygen atoms in total. The van der Waals surface area contributed by atoms with Gasteiger partial charge in [-0.25, -0.2) is 0 Å². The summed E-state index contributed by atoms with van der Waals surface area (Å²) < 4.78 is 0. The van der Waals surface area contributed by atoms with Gasteiger partial charge in [-0.2, -0.15) is 0 Å². The lowest BCUT2D eigenvalue weighted by atomic mass is 10.0. The minimum atomic E-state index is -0.988. The summed E-state index contributed by atoms with van der Waals surface area (Å²) in [4.78, 5) is 25.3. The quantitative estimate of drug-likeness (QED) is 0.771. The van der Waals surface area contributed by atoms with E-state index in [1.54, 1.807) is 18.2 Å². The summed E-state index contributed by atoms with van der Waals surface area (Å²) in [6, 6.07) is 13.0. The van der Waals surface area contributed by atoms with Crippen molar-refractivity contribution in [3.63, 3.8) is 0 Å². The zero-order valence-corrected chi connectivity index (χ0v) is 15.1. The van der Waals surface area contributed by atoms with Crippen LogP contribution in [0.4, 0.5) is 11.4 Å². The molecule has 0 spiro atoms. The minimum Gasteiger partial charge on any atom is -0.325 e. The topological polar surface area (TPSA) is 58.2 Å². The van der Waals surface area contributed by atoms with Crippen LogP contribution in [0.1, 0.15) is 30.9 Å². The number of nitrogens with one attached hydrogen (secondary N) is 2. The van der Waals surface area contributed by atoms with Gasteiger partial charge in [-0.3, -0.25) is 9.59 Å². The van der Waals surface area contributed by atoms with Crippen LogP contribution >= 0.6 is 11.6 Å². The number of halogens is 1. The molecule has 1 saturated carbocycles. The van der Waals surface area contributed by atoms with Crippen LogP contribution in [0.5, 0.6) is 0 Å². The van der Waals surface area contributed by atoms with E-state index in [1.165, 1.54) is 5.56 Å². The molecule has 2 N–H and O–H groups in total. The van der Waals surface area contributed by atoms with Gasteiger partial charge in [0.15, 0.2) is 0 Å². The average molecular weight is 357 g/mol. The molecule has 0 aliphatic heterocycles. The van der Waals surface area contributed by atoms with Crippen LogP contribution in [-0.4, -0.2) is 11.8 Å². The van der Waals surface area contributed by atoms with Crippen molar-refractivity contribution in [3.05, 3.63) is 58.6 Å². The highest BCUT2D eigenvalue weighted by Gasteiger charge is 2.56. The first kappa shape index (κ1) is 17.5. The molecule has 0 radical (unpaired) electrons. The van der Waals surface area contributed by atoms with Crippen molar-refractivity contribution in [2.24, 2.45) is 5.41 Å². The Morgan fingerprint density at radius 2 is 1.68 bits per heavy atom. The zero-order chi connectivity index (χ0) is 18.0. The maximum absolute atomic E-state index is 12.7. The Bertz CT molecular complexity index is 811. The summed E-state index contributed by atoms with van der Waals surface area (Å²) in [7, 11) is 0. The summed E-state index contributed by atoms with van der Waals surface area (Å²) in [6.45, 7) is 3.92. The predicted octanol–water partition coefficient (Wildman–Crippen LogP) is 4.57. The van der Waals surface area contributed by atoms with Gasteiger partial charge in [0.1, 0.15) is 5.41 Å². The number of anilines is 2. The lowest BCUT2D eigenvalue weighted by Crippen LogP contribution is -2.35. The van der Waals surface area contributed by atoms with Crippen LogP contribution in [0.2, 0.25) is 5.02 Å². The number of hydrogen-bond acceptors (Lipinski definition) is 2. The molecular formula is C20H21ClN2O2. The van der Waals surface area contributed by atoms with E-state index in [1.807, 2.05) is 31.2 Å². The molecule has 1 aliphatic carbocycles. The van der Waals surface area contributed by atoms with E-state index in [0.29, 0.717) is 29.2 Å². The molecule has 1 fully saturated rings. The van der Waals surface area contributed by atoms with Gasteiger partial charge in [0.05, 0.1) is 0 Å². The Kier molecular flexibility index (Phi) is 4.82. The highest BCUT2D eigenvalue weighted by atomic mass is 35.5. The molecule has 2 aromatic carbocycles. The molecule has 0 bridgehead atoms. The SMILES string of the molecule is CCc1ccc(NC(=O)C2(C(=O)Nc3cccc(Cl)c3C)CC2)cc1. The molecule has 0 saturated heterocycles. The highest BCUT2D eigenvalue weighted by molar-refractivity contribution is 6.31. The third-order valence-corrected chi connectivity index (χ3v) is 5.16. The molecule has 1 aliphatic rings. The Labute approximate surface area is 152 Å². The van der Waals surface area contributed by atoms with Crippen molar-refractivity contribution in [3.8, 4) is 0 Å². The van der Waals surface area contributed by atoms with E-state index in [2.05, 4.69) is 17.6 Å². The molecule has 25 heavy (non-hydrogen) atoms. The molecular weight excluding hydrogens is 336 g/mol. The average Bonchev–Trinajstić information content (AvgIpc) is 3.41. The van der Waals surface area contributed by atoms with Crippen LogP contribution in [-0.2, 0) is 16.0 Å². The smallest absolute Gasteiger partial charge is 0.240 e. The van der Waals surface area contributed by atoms with Crippen LogP contribution in [0.15, 0.2) is 42.5 Å². The standard InChI is InChI=1S/C20H21ClN2O2/c1-3-14-7-9-15(10-8-14)22-18(24)20(11-12-20)19(25)23-17-6-4-5-16(21)13(17)2/h4-10H,3,11-12H2,1-2H3,(H,22,24)(H,23,25). The number of rotatable bonds is 5. The zero-order valence-electron chi connectivity index (χ0n) is 14.4. The molecule has 3 rings (SSSR count). The maximum atomic E-state index is 12.7. The highest BCUT2D eigenvalue weighted by Crippen LogP contribution is 2.47. The van der Waals surface area contributed by atoms with Crippen LogP contribution < -0.4 is 10.6 Å². The lowest BCUT2D eigenvalue weighted by molar-refractivity contribution is -0.131. The lowest BCUT2D eigenvalue weighted by Gasteiger charge is -2.17. The third kappa shape index (κ3) is 3.54. The van der Waals surface area contributed by atoms with Crippen LogP contribution in [0, 0.1) is 12.3 Å². The Balaban J connectivity index is 1.71. The Hall–Kier alpha value is -2.33. The molecule has 2 aromatic rings. The molecule has 2 amide bonds. The second-order valence-corrected chi connectivity index (χ2v) is 6.86. The molecule has 5 heteroatoms. The summed E-state index contributed by atoms with van der Waals surface area (Å²) in [5, 5.41) is 6.30. The predicted molar refractivity (Wildman–Crippen MR) is 101 cm³/mol. The van der Waals surface area contributed by atoms with E-state index in [0.717, 1.165) is 12.0 Å². The van der Waals surface area contributed by atoms with Crippen molar-refractivity contribution in [2.75, 3.05) is 10.6 Å². The second kappa shape index (κ2) is 6.89. The van der Waals surface area contributed by atoms with Gasteiger partial charge in [-0.15, -0.1) is 0 Å². The summed E-state index contributed by atoms with van der Waals surface area (Å²) in [6.07, 6.45) is 2.05. The first-order valence-electron chi connectivity index (χ1n) is 8.43.